The minimum atomic E-state index is -0.0944. The summed E-state index contributed by atoms with van der Waals surface area (Å²) in [5.41, 5.74) is 14.9. The van der Waals surface area contributed by atoms with E-state index in [1.165, 1.54) is 42.4 Å². The van der Waals surface area contributed by atoms with Crippen molar-refractivity contribution in [3.05, 3.63) is 217 Å². The molecule has 312 valence electrons. The Kier molecular flexibility index (Phi) is 8.67. The normalized spacial score (nSPS) is 12.8. The van der Waals surface area contributed by atoms with Crippen molar-refractivity contribution < 1.29 is 4.42 Å². The van der Waals surface area contributed by atoms with Crippen LogP contribution in [0.4, 0.5) is 17.1 Å². The number of benzene rings is 9. The molecule has 0 unspecified atom stereocenters. The number of aromatic nitrogens is 3. The van der Waals surface area contributed by atoms with Crippen molar-refractivity contribution in [3.8, 4) is 56.4 Å². The second kappa shape index (κ2) is 14.9. The van der Waals surface area contributed by atoms with E-state index in [4.69, 9.17) is 19.4 Å². The molecule has 9 aromatic carbocycles. The summed E-state index contributed by atoms with van der Waals surface area (Å²) in [6.45, 7) is 4.66. The number of fused-ring (bicyclic) bond motifs is 9. The highest BCUT2D eigenvalue weighted by atomic mass is 32.1. The fourth-order valence-corrected chi connectivity index (χ4v) is 11.2. The van der Waals surface area contributed by atoms with Gasteiger partial charge in [-0.25, -0.2) is 15.0 Å². The molecule has 6 heteroatoms. The molecular formula is C60H40N4OS. The Morgan fingerprint density at radius 2 is 0.970 bits per heavy atom. The van der Waals surface area contributed by atoms with Crippen LogP contribution in [0.15, 0.2) is 211 Å². The molecule has 13 rings (SSSR count). The molecular weight excluding hydrogens is 825 g/mol. The van der Waals surface area contributed by atoms with Gasteiger partial charge < -0.3 is 9.32 Å². The van der Waals surface area contributed by atoms with Crippen LogP contribution in [0, 0.1) is 0 Å². The van der Waals surface area contributed by atoms with Gasteiger partial charge in [0.05, 0.1) is 0 Å². The molecule has 5 nitrogen and oxygen atoms in total. The van der Waals surface area contributed by atoms with Gasteiger partial charge in [0.1, 0.15) is 11.2 Å². The topological polar surface area (TPSA) is 55.1 Å². The van der Waals surface area contributed by atoms with E-state index in [2.05, 4.69) is 176 Å². The van der Waals surface area contributed by atoms with Crippen LogP contribution in [0.25, 0.3) is 98.5 Å². The van der Waals surface area contributed by atoms with E-state index in [0.29, 0.717) is 17.5 Å². The highest BCUT2D eigenvalue weighted by Gasteiger charge is 2.35. The molecule has 0 radical (unpaired) electrons. The summed E-state index contributed by atoms with van der Waals surface area (Å²) < 4.78 is 9.38. The lowest BCUT2D eigenvalue weighted by Gasteiger charge is -2.27. The van der Waals surface area contributed by atoms with Crippen LogP contribution in [0.1, 0.15) is 25.0 Å². The second-order valence-corrected chi connectivity index (χ2v) is 18.7. The maximum absolute atomic E-state index is 6.83. The van der Waals surface area contributed by atoms with Crippen molar-refractivity contribution in [2.75, 3.05) is 4.90 Å². The summed E-state index contributed by atoms with van der Waals surface area (Å²) in [7, 11) is 0. The Balaban J connectivity index is 0.970. The van der Waals surface area contributed by atoms with E-state index in [-0.39, 0.29) is 5.41 Å². The lowest BCUT2D eigenvalue weighted by molar-refractivity contribution is 0.660. The zero-order valence-electron chi connectivity index (χ0n) is 36.2. The number of nitrogens with zero attached hydrogens (tertiary/aromatic N) is 4. The van der Waals surface area contributed by atoms with Gasteiger partial charge in [0, 0.05) is 76.2 Å². The zero-order chi connectivity index (χ0) is 43.9. The van der Waals surface area contributed by atoms with Gasteiger partial charge in [0.25, 0.3) is 0 Å². The summed E-state index contributed by atoms with van der Waals surface area (Å²) in [4.78, 5) is 17.8. The first-order valence-corrected chi connectivity index (χ1v) is 23.2. The summed E-state index contributed by atoms with van der Waals surface area (Å²) in [5.74, 6) is 1.81. The Morgan fingerprint density at radius 1 is 0.394 bits per heavy atom. The largest absolute Gasteiger partial charge is 0.456 e. The van der Waals surface area contributed by atoms with Crippen molar-refractivity contribution in [2.45, 2.75) is 19.3 Å². The van der Waals surface area contributed by atoms with Crippen molar-refractivity contribution in [2.24, 2.45) is 0 Å². The first kappa shape index (κ1) is 38.3. The average molecular weight is 865 g/mol. The van der Waals surface area contributed by atoms with Crippen molar-refractivity contribution in [3.63, 3.8) is 0 Å². The van der Waals surface area contributed by atoms with Crippen LogP contribution in [-0.4, -0.2) is 15.0 Å². The summed E-state index contributed by atoms with van der Waals surface area (Å²) in [6, 6.07) is 73.1. The molecule has 0 fully saturated rings. The fourth-order valence-electron chi connectivity index (χ4n) is 10.1. The monoisotopic (exact) mass is 864 g/mol. The third-order valence-corrected chi connectivity index (χ3v) is 14.5. The van der Waals surface area contributed by atoms with Gasteiger partial charge >= 0.3 is 0 Å². The Labute approximate surface area is 386 Å². The van der Waals surface area contributed by atoms with Gasteiger partial charge in [-0.2, -0.15) is 0 Å². The Hall–Kier alpha value is -8.19. The third kappa shape index (κ3) is 6.17. The van der Waals surface area contributed by atoms with E-state index >= 15 is 0 Å². The molecule has 0 bridgehead atoms. The van der Waals surface area contributed by atoms with Crippen molar-refractivity contribution >= 4 is 70.5 Å². The molecule has 1 aliphatic carbocycles. The molecule has 1 aliphatic rings. The molecule has 0 spiro atoms. The molecule has 3 heterocycles. The maximum atomic E-state index is 6.83. The molecule has 66 heavy (non-hydrogen) atoms. The Morgan fingerprint density at radius 3 is 1.79 bits per heavy atom. The molecule has 0 saturated heterocycles. The van der Waals surface area contributed by atoms with Crippen LogP contribution in [-0.2, 0) is 5.41 Å². The number of hydrogen-bond donors (Lipinski definition) is 0. The van der Waals surface area contributed by atoms with Gasteiger partial charge in [-0.3, -0.25) is 0 Å². The van der Waals surface area contributed by atoms with Crippen LogP contribution >= 0.6 is 11.3 Å². The van der Waals surface area contributed by atoms with E-state index in [1.54, 1.807) is 0 Å². The molecule has 12 aromatic rings. The van der Waals surface area contributed by atoms with Crippen LogP contribution < -0.4 is 4.90 Å². The lowest BCUT2D eigenvalue weighted by atomic mass is 9.82. The summed E-state index contributed by atoms with van der Waals surface area (Å²) in [6.07, 6.45) is 0. The SMILES string of the molecule is CC1(C)c2ccccc2-c2cc(N(c3ccc4c(c3)oc3cccc(-c5nc(-c6ccccc6)nc(-c6ccc(-c7ccccc7)cc6)n5)c34)c3ccc4sc5ccccc5c4c3)ccc21. The smallest absolute Gasteiger partial charge is 0.164 e. The fraction of sp³-hybridized carbons (Fsp3) is 0.0500. The number of rotatable bonds is 7. The van der Waals surface area contributed by atoms with Crippen LogP contribution in [0.5, 0.6) is 0 Å². The minimum absolute atomic E-state index is 0.0944. The Bertz CT molecular complexity index is 3850. The standard InChI is InChI=1S/C60H40N4OS/c1-60(2)50-21-11-9-18-44(50)48-34-41(29-32-51(48)60)64(42-30-33-55-49(35-42)45-19-10-12-23-54(45)66-55)43-28-31-46-53(36-43)65-52-22-13-20-47(56(46)52)59-62-57(39-16-7-4-8-17-39)61-58(63-59)40-26-24-38(25-27-40)37-14-5-3-6-15-37/h3-36H,1-2H3. The number of thiophene rings is 1. The average Bonchev–Trinajstić information content (AvgIpc) is 4.01. The van der Waals surface area contributed by atoms with E-state index in [0.717, 1.165) is 66.8 Å². The van der Waals surface area contributed by atoms with Gasteiger partial charge in [-0.05, 0) is 88.0 Å². The van der Waals surface area contributed by atoms with Crippen LogP contribution in [0.3, 0.4) is 0 Å². The first-order chi connectivity index (χ1) is 32.4. The minimum Gasteiger partial charge on any atom is -0.456 e. The predicted octanol–water partition coefficient (Wildman–Crippen LogP) is 16.6. The predicted molar refractivity (Wildman–Crippen MR) is 274 cm³/mol. The summed E-state index contributed by atoms with van der Waals surface area (Å²) >= 11 is 1.84. The molecule has 0 aliphatic heterocycles. The van der Waals surface area contributed by atoms with Gasteiger partial charge in [0.2, 0.25) is 0 Å². The molecule has 0 saturated carbocycles. The third-order valence-electron chi connectivity index (χ3n) is 13.3. The molecule has 3 aromatic heterocycles. The van der Waals surface area contributed by atoms with E-state index < -0.39 is 0 Å². The number of furan rings is 1. The number of anilines is 3. The van der Waals surface area contributed by atoms with Crippen molar-refractivity contribution in [1.29, 1.82) is 0 Å². The second-order valence-electron chi connectivity index (χ2n) is 17.6. The highest BCUT2D eigenvalue weighted by Crippen LogP contribution is 2.51. The highest BCUT2D eigenvalue weighted by molar-refractivity contribution is 7.25. The summed E-state index contributed by atoms with van der Waals surface area (Å²) in [5, 5.41) is 4.47. The maximum Gasteiger partial charge on any atom is 0.164 e. The van der Waals surface area contributed by atoms with Gasteiger partial charge in [-0.15, -0.1) is 11.3 Å². The van der Waals surface area contributed by atoms with E-state index in [9.17, 15) is 0 Å². The van der Waals surface area contributed by atoms with Gasteiger partial charge in [0.15, 0.2) is 17.5 Å². The quantitative estimate of drug-likeness (QED) is 0.160. The van der Waals surface area contributed by atoms with Crippen LogP contribution in [0.2, 0.25) is 0 Å². The van der Waals surface area contributed by atoms with Crippen molar-refractivity contribution in [1.82, 2.24) is 15.0 Å². The number of hydrogen-bond acceptors (Lipinski definition) is 6. The lowest BCUT2D eigenvalue weighted by Crippen LogP contribution is -2.15. The molecule has 0 amide bonds. The van der Waals surface area contributed by atoms with Gasteiger partial charge in [-0.1, -0.05) is 159 Å². The van der Waals surface area contributed by atoms with E-state index in [1.807, 2.05) is 59.9 Å². The molecule has 0 atom stereocenters. The zero-order valence-corrected chi connectivity index (χ0v) is 37.1. The molecule has 0 N–H and O–H groups in total. The first-order valence-electron chi connectivity index (χ1n) is 22.3.